The number of hydrogen-bond donors (Lipinski definition) is 0. The van der Waals surface area contributed by atoms with Crippen LogP contribution in [0, 0.1) is 24.7 Å². The molecule has 4 bridgehead atoms. The summed E-state index contributed by atoms with van der Waals surface area (Å²) in [4.78, 5) is 17.3. The largest absolute Gasteiger partial charge is 0.456 e. The zero-order valence-corrected chi connectivity index (χ0v) is 14.7. The predicted molar refractivity (Wildman–Crippen MR) is 91.8 cm³/mol. The fourth-order valence-corrected chi connectivity index (χ4v) is 6.54. The van der Waals surface area contributed by atoms with Gasteiger partial charge in [0.2, 0.25) is 0 Å². The Bertz CT molecular complexity index is 607. The van der Waals surface area contributed by atoms with Crippen LogP contribution in [0.2, 0.25) is 0 Å². The van der Waals surface area contributed by atoms with E-state index in [9.17, 15) is 4.79 Å². The molecule has 1 saturated heterocycles. The highest BCUT2D eigenvalue weighted by molar-refractivity contribution is 5.91. The number of carbonyl (C=O) groups excluding carboxylic acids is 1. The van der Waals surface area contributed by atoms with E-state index < -0.39 is 0 Å². The van der Waals surface area contributed by atoms with Gasteiger partial charge in [0.05, 0.1) is 0 Å². The molecule has 4 saturated carbocycles. The highest BCUT2D eigenvalue weighted by Crippen LogP contribution is 2.57. The smallest absolute Gasteiger partial charge is 0.289 e. The van der Waals surface area contributed by atoms with Gasteiger partial charge in [0, 0.05) is 31.7 Å². The fourth-order valence-electron chi connectivity index (χ4n) is 6.54. The van der Waals surface area contributed by atoms with E-state index in [4.69, 9.17) is 4.42 Å². The van der Waals surface area contributed by atoms with E-state index in [1.807, 2.05) is 24.0 Å². The van der Waals surface area contributed by atoms with Crippen LogP contribution in [0.3, 0.4) is 0 Å². The van der Waals surface area contributed by atoms with Crippen molar-refractivity contribution in [3.8, 4) is 0 Å². The highest BCUT2D eigenvalue weighted by Gasteiger charge is 2.53. The number of furan rings is 1. The molecule has 5 aliphatic rings. The summed E-state index contributed by atoms with van der Waals surface area (Å²) in [5, 5.41) is 0. The first kappa shape index (κ1) is 15.0. The van der Waals surface area contributed by atoms with Crippen LogP contribution in [0.15, 0.2) is 16.5 Å². The molecule has 6 rings (SSSR count). The molecule has 4 aliphatic carbocycles. The molecule has 1 aromatic rings. The molecule has 0 atom stereocenters. The second-order valence-corrected chi connectivity index (χ2v) is 8.83. The third-order valence-electron chi connectivity index (χ3n) is 7.19. The van der Waals surface area contributed by atoms with Gasteiger partial charge in [-0.1, -0.05) is 0 Å². The lowest BCUT2D eigenvalue weighted by molar-refractivity contribution is -0.0988. The monoisotopic (exact) mass is 328 g/mol. The van der Waals surface area contributed by atoms with Crippen molar-refractivity contribution >= 4 is 5.91 Å². The highest BCUT2D eigenvalue weighted by atomic mass is 16.3. The summed E-state index contributed by atoms with van der Waals surface area (Å²) in [7, 11) is 0. The summed E-state index contributed by atoms with van der Waals surface area (Å²) in [6, 6.07) is 3.68. The number of amides is 1. The number of aryl methyl sites for hydroxylation is 1. The average molecular weight is 328 g/mol. The molecule has 5 fully saturated rings. The Morgan fingerprint density at radius 2 is 1.58 bits per heavy atom. The molecule has 2 heterocycles. The lowest BCUT2D eigenvalue weighted by Gasteiger charge is -2.61. The molecule has 24 heavy (non-hydrogen) atoms. The van der Waals surface area contributed by atoms with Gasteiger partial charge in [-0.25, -0.2) is 0 Å². The Morgan fingerprint density at radius 3 is 2.08 bits per heavy atom. The summed E-state index contributed by atoms with van der Waals surface area (Å²) >= 11 is 0. The number of carbonyl (C=O) groups is 1. The number of hydrogen-bond acceptors (Lipinski definition) is 3. The molecular formula is C20H28N2O2. The Morgan fingerprint density at radius 1 is 1.00 bits per heavy atom. The molecule has 1 aromatic heterocycles. The fraction of sp³-hybridized carbons (Fsp3) is 0.750. The van der Waals surface area contributed by atoms with Crippen molar-refractivity contribution in [3.63, 3.8) is 0 Å². The van der Waals surface area contributed by atoms with Crippen LogP contribution in [0.1, 0.15) is 54.8 Å². The standard InChI is InChI=1S/C20H28N2O2/c1-14-2-3-18(24-14)19(23)21-4-6-22(7-5-21)20-11-15-8-16(12-20)10-17(9-15)13-20/h2-3,15-17H,4-13H2,1H3. The Kier molecular flexibility index (Phi) is 3.35. The minimum atomic E-state index is 0.0632. The molecule has 4 nitrogen and oxygen atoms in total. The first-order chi connectivity index (χ1) is 11.6. The molecule has 0 spiro atoms. The molecule has 0 N–H and O–H groups in total. The van der Waals surface area contributed by atoms with Gasteiger partial charge in [-0.3, -0.25) is 9.69 Å². The molecule has 0 aromatic carbocycles. The van der Waals surface area contributed by atoms with E-state index in [1.165, 1.54) is 38.5 Å². The Hall–Kier alpha value is -1.29. The quantitative estimate of drug-likeness (QED) is 0.836. The minimum Gasteiger partial charge on any atom is -0.456 e. The second kappa shape index (κ2) is 5.35. The number of rotatable bonds is 2. The van der Waals surface area contributed by atoms with Gasteiger partial charge >= 0.3 is 0 Å². The summed E-state index contributed by atoms with van der Waals surface area (Å²) in [5.74, 6) is 4.33. The summed E-state index contributed by atoms with van der Waals surface area (Å²) in [6.45, 7) is 5.66. The van der Waals surface area contributed by atoms with E-state index in [0.29, 0.717) is 11.3 Å². The van der Waals surface area contributed by atoms with Gasteiger partial charge in [-0.05, 0) is 75.3 Å². The van der Waals surface area contributed by atoms with Gasteiger partial charge in [-0.2, -0.15) is 0 Å². The maximum atomic E-state index is 12.6. The zero-order chi connectivity index (χ0) is 16.3. The summed E-state index contributed by atoms with van der Waals surface area (Å²) in [5.41, 5.74) is 0.477. The third kappa shape index (κ3) is 2.33. The van der Waals surface area contributed by atoms with Crippen LogP contribution >= 0.6 is 0 Å². The molecule has 0 radical (unpaired) electrons. The van der Waals surface area contributed by atoms with Crippen molar-refractivity contribution in [2.45, 2.75) is 51.0 Å². The lowest BCUT2D eigenvalue weighted by Crippen LogP contribution is -2.64. The minimum absolute atomic E-state index is 0.0632. The topological polar surface area (TPSA) is 36.7 Å². The van der Waals surface area contributed by atoms with Crippen LogP contribution in [0.25, 0.3) is 0 Å². The summed E-state index contributed by atoms with van der Waals surface area (Å²) in [6.07, 6.45) is 8.75. The van der Waals surface area contributed by atoms with E-state index >= 15 is 0 Å². The SMILES string of the molecule is Cc1ccc(C(=O)N2CCN(C34CC5CC(CC(C5)C3)C4)CC2)o1. The number of nitrogens with zero attached hydrogens (tertiary/aromatic N) is 2. The first-order valence-corrected chi connectivity index (χ1v) is 9.72. The lowest BCUT2D eigenvalue weighted by atomic mass is 9.52. The van der Waals surface area contributed by atoms with Crippen molar-refractivity contribution in [2.24, 2.45) is 17.8 Å². The maximum Gasteiger partial charge on any atom is 0.289 e. The van der Waals surface area contributed by atoms with E-state index in [1.54, 1.807) is 0 Å². The molecule has 4 heteroatoms. The van der Waals surface area contributed by atoms with Crippen LogP contribution in [-0.4, -0.2) is 47.4 Å². The van der Waals surface area contributed by atoms with E-state index in [2.05, 4.69) is 4.90 Å². The van der Waals surface area contributed by atoms with Crippen molar-refractivity contribution in [1.82, 2.24) is 9.80 Å². The van der Waals surface area contributed by atoms with Gasteiger partial charge < -0.3 is 9.32 Å². The van der Waals surface area contributed by atoms with Crippen LogP contribution in [-0.2, 0) is 0 Å². The Balaban J connectivity index is 1.26. The molecule has 1 aliphatic heterocycles. The van der Waals surface area contributed by atoms with Crippen molar-refractivity contribution < 1.29 is 9.21 Å². The normalized spacial score (nSPS) is 38.7. The average Bonchev–Trinajstić information content (AvgIpc) is 3.00. The van der Waals surface area contributed by atoms with Crippen molar-refractivity contribution in [3.05, 3.63) is 23.7 Å². The second-order valence-electron chi connectivity index (χ2n) is 8.83. The maximum absolute atomic E-state index is 12.6. The first-order valence-electron chi connectivity index (χ1n) is 9.72. The van der Waals surface area contributed by atoms with Crippen LogP contribution in [0.4, 0.5) is 0 Å². The van der Waals surface area contributed by atoms with Gasteiger partial charge in [0.25, 0.3) is 5.91 Å². The molecule has 1 amide bonds. The van der Waals surface area contributed by atoms with Gasteiger partial charge in [0.15, 0.2) is 5.76 Å². The molecular weight excluding hydrogens is 300 g/mol. The third-order valence-corrected chi connectivity index (χ3v) is 7.19. The molecule has 130 valence electrons. The van der Waals surface area contributed by atoms with E-state index in [-0.39, 0.29) is 5.91 Å². The van der Waals surface area contributed by atoms with Crippen LogP contribution < -0.4 is 0 Å². The van der Waals surface area contributed by atoms with Crippen molar-refractivity contribution in [2.75, 3.05) is 26.2 Å². The van der Waals surface area contributed by atoms with Gasteiger partial charge in [-0.15, -0.1) is 0 Å². The molecule has 0 unspecified atom stereocenters. The van der Waals surface area contributed by atoms with Gasteiger partial charge in [0.1, 0.15) is 5.76 Å². The summed E-state index contributed by atoms with van der Waals surface area (Å²) < 4.78 is 5.52. The Labute approximate surface area is 144 Å². The van der Waals surface area contributed by atoms with E-state index in [0.717, 1.165) is 49.7 Å². The predicted octanol–water partition coefficient (Wildman–Crippen LogP) is 3.31. The van der Waals surface area contributed by atoms with Crippen molar-refractivity contribution in [1.29, 1.82) is 0 Å². The van der Waals surface area contributed by atoms with Crippen LogP contribution in [0.5, 0.6) is 0 Å². The zero-order valence-electron chi connectivity index (χ0n) is 14.7. The number of piperazine rings is 1.